The number of nitrogens with zero attached hydrogens (tertiary/aromatic N) is 1. The highest BCUT2D eigenvalue weighted by molar-refractivity contribution is 7.10. The zero-order chi connectivity index (χ0) is 12.1. The average Bonchev–Trinajstić information content (AvgIpc) is 2.59. The van der Waals surface area contributed by atoms with E-state index in [0.29, 0.717) is 0 Å². The molecule has 0 fully saturated rings. The van der Waals surface area contributed by atoms with Crippen LogP contribution in [-0.2, 0) is 6.42 Å². The average molecular weight is 239 g/mol. The first kappa shape index (κ1) is 12.5. The molecule has 0 aliphatic heterocycles. The molecule has 1 aromatic rings. The van der Waals surface area contributed by atoms with Gasteiger partial charge in [0.1, 0.15) is 0 Å². The van der Waals surface area contributed by atoms with Crippen LogP contribution in [0.4, 0.5) is 0 Å². The summed E-state index contributed by atoms with van der Waals surface area (Å²) in [6.45, 7) is 2.81. The molecule has 0 amide bonds. The summed E-state index contributed by atoms with van der Waals surface area (Å²) in [5, 5.41) is 19.2. The molecule has 0 saturated heterocycles. The molecule has 0 spiro atoms. The van der Waals surface area contributed by atoms with E-state index in [9.17, 15) is 0 Å². The molecular formula is C10H17N5S. The van der Waals surface area contributed by atoms with Crippen molar-refractivity contribution in [3.63, 3.8) is 0 Å². The Morgan fingerprint density at radius 3 is 2.75 bits per heavy atom. The number of hydrogen-bond acceptors (Lipinski definition) is 3. The predicted octanol–water partition coefficient (Wildman–Crippen LogP) is 0.949. The van der Waals surface area contributed by atoms with Gasteiger partial charge in [-0.2, -0.15) is 0 Å². The van der Waals surface area contributed by atoms with Gasteiger partial charge in [-0.25, -0.2) is 0 Å². The van der Waals surface area contributed by atoms with Gasteiger partial charge in [-0.3, -0.25) is 16.1 Å². The molecule has 0 saturated carbocycles. The lowest BCUT2D eigenvalue weighted by Crippen LogP contribution is -2.44. The van der Waals surface area contributed by atoms with Gasteiger partial charge in [0.15, 0.2) is 11.9 Å². The van der Waals surface area contributed by atoms with Crippen molar-refractivity contribution in [2.45, 2.75) is 13.3 Å². The number of thiophene rings is 1. The molecule has 1 heterocycles. The monoisotopic (exact) mass is 239 g/mol. The van der Waals surface area contributed by atoms with Gasteiger partial charge in [-0.1, -0.05) is 0 Å². The van der Waals surface area contributed by atoms with Gasteiger partial charge >= 0.3 is 0 Å². The third-order valence-corrected chi connectivity index (χ3v) is 3.07. The van der Waals surface area contributed by atoms with Gasteiger partial charge < -0.3 is 10.6 Å². The lowest BCUT2D eigenvalue weighted by atomic mass is 10.2. The molecule has 1 rings (SSSR count). The lowest BCUT2D eigenvalue weighted by molar-refractivity contribution is 0.493. The minimum atomic E-state index is -0.205. The summed E-state index contributed by atoms with van der Waals surface area (Å²) in [4.78, 5) is 3.03. The van der Waals surface area contributed by atoms with Crippen LogP contribution in [0.5, 0.6) is 0 Å². The van der Waals surface area contributed by atoms with Crippen molar-refractivity contribution in [3.8, 4) is 0 Å². The van der Waals surface area contributed by atoms with E-state index in [1.54, 1.807) is 23.3 Å². The van der Waals surface area contributed by atoms with Crippen LogP contribution in [0.25, 0.3) is 0 Å². The third-order valence-electron chi connectivity index (χ3n) is 2.16. The van der Waals surface area contributed by atoms with Gasteiger partial charge in [0, 0.05) is 18.5 Å². The Kier molecular flexibility index (Phi) is 4.30. The Bertz CT molecular complexity index is 384. The number of nitrogens with one attached hydrogen (secondary N) is 3. The zero-order valence-electron chi connectivity index (χ0n) is 9.50. The SMILES string of the molecule is Cc1cc(CCN(C)C(=N)NC(=N)N)cs1. The number of nitrogens with two attached hydrogens (primary N) is 1. The van der Waals surface area contributed by atoms with E-state index >= 15 is 0 Å². The smallest absolute Gasteiger partial charge is 0.197 e. The van der Waals surface area contributed by atoms with E-state index in [4.69, 9.17) is 16.6 Å². The largest absolute Gasteiger partial charge is 0.370 e. The Balaban J connectivity index is 2.37. The van der Waals surface area contributed by atoms with E-state index in [1.807, 2.05) is 0 Å². The van der Waals surface area contributed by atoms with Crippen LogP contribution >= 0.6 is 11.3 Å². The summed E-state index contributed by atoms with van der Waals surface area (Å²) in [7, 11) is 1.80. The molecule has 5 N–H and O–H groups in total. The first-order valence-electron chi connectivity index (χ1n) is 4.94. The lowest BCUT2D eigenvalue weighted by Gasteiger charge is -2.19. The second-order valence-electron chi connectivity index (χ2n) is 3.62. The van der Waals surface area contributed by atoms with Crippen LogP contribution < -0.4 is 11.1 Å². The molecule has 0 radical (unpaired) electrons. The number of aryl methyl sites for hydroxylation is 1. The number of likely N-dealkylation sites (N-methyl/N-ethyl adjacent to an activating group) is 1. The van der Waals surface area contributed by atoms with E-state index in [-0.39, 0.29) is 11.9 Å². The van der Waals surface area contributed by atoms with Crippen molar-refractivity contribution in [2.75, 3.05) is 13.6 Å². The fourth-order valence-electron chi connectivity index (χ4n) is 1.26. The first-order valence-corrected chi connectivity index (χ1v) is 5.81. The standard InChI is InChI=1S/C10H17N5S/c1-7-5-8(6-16-7)3-4-15(2)10(13)14-9(11)12/h5-6H,3-4H2,1-2H3,(H5,11,12,13,14). The molecular weight excluding hydrogens is 222 g/mol. The maximum absolute atomic E-state index is 7.59. The Morgan fingerprint density at radius 1 is 1.56 bits per heavy atom. The predicted molar refractivity (Wildman–Crippen MR) is 68.2 cm³/mol. The maximum atomic E-state index is 7.59. The quantitative estimate of drug-likeness (QED) is 0.467. The topological polar surface area (TPSA) is 89.0 Å². The summed E-state index contributed by atoms with van der Waals surface area (Å²) >= 11 is 1.73. The number of hydrogen-bond donors (Lipinski definition) is 4. The Hall–Kier alpha value is -1.56. The highest BCUT2D eigenvalue weighted by Crippen LogP contribution is 2.13. The van der Waals surface area contributed by atoms with E-state index in [2.05, 4.69) is 23.7 Å². The van der Waals surface area contributed by atoms with Crippen LogP contribution in [-0.4, -0.2) is 30.4 Å². The summed E-state index contributed by atoms with van der Waals surface area (Å²) in [5.74, 6) is -0.0531. The van der Waals surface area contributed by atoms with Crippen molar-refractivity contribution in [3.05, 3.63) is 21.9 Å². The first-order chi connectivity index (χ1) is 7.49. The second kappa shape index (κ2) is 5.50. The van der Waals surface area contributed by atoms with E-state index in [1.165, 1.54) is 10.4 Å². The molecule has 16 heavy (non-hydrogen) atoms. The van der Waals surface area contributed by atoms with Crippen LogP contribution in [0.1, 0.15) is 10.4 Å². The van der Waals surface area contributed by atoms with E-state index in [0.717, 1.165) is 13.0 Å². The van der Waals surface area contributed by atoms with Crippen molar-refractivity contribution in [1.29, 1.82) is 10.8 Å². The van der Waals surface area contributed by atoms with Crippen LogP contribution in [0.3, 0.4) is 0 Å². The van der Waals surface area contributed by atoms with Crippen molar-refractivity contribution in [2.24, 2.45) is 5.73 Å². The fourth-order valence-corrected chi connectivity index (χ4v) is 2.00. The van der Waals surface area contributed by atoms with Gasteiger partial charge in [-0.15, -0.1) is 11.3 Å². The Labute approximate surface area is 99.3 Å². The highest BCUT2D eigenvalue weighted by Gasteiger charge is 2.05. The highest BCUT2D eigenvalue weighted by atomic mass is 32.1. The molecule has 0 aromatic carbocycles. The maximum Gasteiger partial charge on any atom is 0.197 e. The molecule has 5 nitrogen and oxygen atoms in total. The van der Waals surface area contributed by atoms with Gasteiger partial charge in [0.2, 0.25) is 0 Å². The van der Waals surface area contributed by atoms with Gasteiger partial charge in [0.25, 0.3) is 0 Å². The molecule has 0 aliphatic carbocycles. The van der Waals surface area contributed by atoms with Gasteiger partial charge in [0.05, 0.1) is 0 Å². The zero-order valence-corrected chi connectivity index (χ0v) is 10.3. The summed E-state index contributed by atoms with van der Waals surface area (Å²) in [5.41, 5.74) is 6.43. The van der Waals surface area contributed by atoms with Crippen molar-refractivity contribution in [1.82, 2.24) is 10.2 Å². The van der Waals surface area contributed by atoms with Crippen LogP contribution in [0.15, 0.2) is 11.4 Å². The fraction of sp³-hybridized carbons (Fsp3) is 0.400. The molecule has 0 unspecified atom stereocenters. The molecule has 0 aliphatic rings. The molecule has 0 bridgehead atoms. The van der Waals surface area contributed by atoms with Crippen molar-refractivity contribution >= 4 is 23.3 Å². The minimum Gasteiger partial charge on any atom is -0.370 e. The summed E-state index contributed by atoms with van der Waals surface area (Å²) < 4.78 is 0. The molecule has 88 valence electrons. The van der Waals surface area contributed by atoms with E-state index < -0.39 is 0 Å². The van der Waals surface area contributed by atoms with Crippen LogP contribution in [0, 0.1) is 17.7 Å². The van der Waals surface area contributed by atoms with Crippen molar-refractivity contribution < 1.29 is 0 Å². The second-order valence-corrected chi connectivity index (χ2v) is 4.74. The summed E-state index contributed by atoms with van der Waals surface area (Å²) in [6.07, 6.45) is 0.892. The Morgan fingerprint density at radius 2 is 2.25 bits per heavy atom. The van der Waals surface area contributed by atoms with Gasteiger partial charge in [-0.05, 0) is 30.4 Å². The normalized spacial score (nSPS) is 9.88. The number of guanidine groups is 2. The third kappa shape index (κ3) is 3.90. The van der Waals surface area contributed by atoms with Crippen LogP contribution in [0.2, 0.25) is 0 Å². The molecule has 0 atom stereocenters. The number of rotatable bonds is 3. The molecule has 1 aromatic heterocycles. The summed E-state index contributed by atoms with van der Waals surface area (Å²) in [6, 6.07) is 2.15. The molecule has 6 heteroatoms. The minimum absolute atomic E-state index is 0.152.